The van der Waals surface area contributed by atoms with Crippen LogP contribution in [0.25, 0.3) is 0 Å². The van der Waals surface area contributed by atoms with Crippen molar-refractivity contribution in [3.63, 3.8) is 0 Å². The van der Waals surface area contributed by atoms with Crippen LogP contribution in [0.15, 0.2) is 5.38 Å². The number of terminal acetylenes is 1. The van der Waals surface area contributed by atoms with E-state index in [4.69, 9.17) is 6.42 Å². The second kappa shape index (κ2) is 3.21. The van der Waals surface area contributed by atoms with Gasteiger partial charge in [-0.25, -0.2) is 0 Å². The number of aromatic nitrogens is 2. The van der Waals surface area contributed by atoms with Crippen molar-refractivity contribution in [1.29, 1.82) is 0 Å². The Morgan fingerprint density at radius 3 is 3.22 bits per heavy atom. The van der Waals surface area contributed by atoms with Gasteiger partial charge in [0.05, 0.1) is 5.69 Å². The first-order valence-corrected chi connectivity index (χ1v) is 3.46. The van der Waals surface area contributed by atoms with E-state index in [9.17, 15) is 0 Å². The van der Waals surface area contributed by atoms with E-state index in [-0.39, 0.29) is 0 Å². The number of hydrogen-bond donors (Lipinski definition) is 0. The summed E-state index contributed by atoms with van der Waals surface area (Å²) >= 11 is 1.36. The van der Waals surface area contributed by atoms with Gasteiger partial charge in [0, 0.05) is 18.2 Å². The molecule has 1 rings (SSSR count). The lowest BCUT2D eigenvalue weighted by Gasteiger charge is -1.82. The van der Waals surface area contributed by atoms with E-state index in [0.29, 0.717) is 0 Å². The van der Waals surface area contributed by atoms with Crippen molar-refractivity contribution >= 4 is 11.5 Å². The zero-order valence-electron chi connectivity index (χ0n) is 4.87. The largest absolute Gasteiger partial charge is 0.143 e. The first-order chi connectivity index (χ1) is 4.43. The molecule has 46 valence electrons. The van der Waals surface area contributed by atoms with Crippen molar-refractivity contribution in [2.24, 2.45) is 0 Å². The standard InChI is InChI=1S/C6H6N2S/c1-2-3-4-6-5-9-8-7-6/h1,5H,3-4H2. The maximum Gasteiger partial charge on any atom is 0.0764 e. The van der Waals surface area contributed by atoms with Crippen LogP contribution in [0.1, 0.15) is 12.1 Å². The lowest BCUT2D eigenvalue weighted by atomic mass is 10.3. The molecule has 0 atom stereocenters. The molecule has 0 aromatic carbocycles. The van der Waals surface area contributed by atoms with Crippen LogP contribution in [0.5, 0.6) is 0 Å². The lowest BCUT2D eigenvalue weighted by Crippen LogP contribution is -1.82. The Kier molecular flexibility index (Phi) is 2.22. The normalized spacial score (nSPS) is 8.78. The molecule has 0 aliphatic heterocycles. The summed E-state index contributed by atoms with van der Waals surface area (Å²) < 4.78 is 3.70. The monoisotopic (exact) mass is 138 g/mol. The summed E-state index contributed by atoms with van der Waals surface area (Å²) in [6.07, 6.45) is 6.66. The molecule has 1 aromatic heterocycles. The molecule has 0 radical (unpaired) electrons. The molecule has 0 saturated heterocycles. The molecule has 0 aliphatic carbocycles. The smallest absolute Gasteiger partial charge is 0.0764 e. The minimum absolute atomic E-state index is 0.755. The van der Waals surface area contributed by atoms with Crippen molar-refractivity contribution in [2.45, 2.75) is 12.8 Å². The van der Waals surface area contributed by atoms with Crippen LogP contribution in [0.3, 0.4) is 0 Å². The van der Waals surface area contributed by atoms with E-state index in [1.54, 1.807) is 0 Å². The molecule has 0 saturated carbocycles. The zero-order chi connectivity index (χ0) is 6.53. The SMILES string of the molecule is C#CCCc1csnn1. The molecule has 0 aliphatic rings. The lowest BCUT2D eigenvalue weighted by molar-refractivity contribution is 0.937. The Morgan fingerprint density at radius 2 is 2.67 bits per heavy atom. The van der Waals surface area contributed by atoms with Crippen LogP contribution in [0.4, 0.5) is 0 Å². The fourth-order valence-corrected chi connectivity index (χ4v) is 0.979. The molecular formula is C6H6N2S. The van der Waals surface area contributed by atoms with Gasteiger partial charge in [0.1, 0.15) is 0 Å². The van der Waals surface area contributed by atoms with Crippen molar-refractivity contribution in [3.8, 4) is 12.3 Å². The van der Waals surface area contributed by atoms with Crippen molar-refractivity contribution in [1.82, 2.24) is 9.59 Å². The van der Waals surface area contributed by atoms with Gasteiger partial charge in [-0.15, -0.1) is 17.4 Å². The second-order valence-electron chi connectivity index (χ2n) is 1.60. The van der Waals surface area contributed by atoms with Gasteiger partial charge in [0.15, 0.2) is 0 Å². The summed E-state index contributed by atoms with van der Waals surface area (Å²) in [4.78, 5) is 0. The first kappa shape index (κ1) is 6.24. The quantitative estimate of drug-likeness (QED) is 0.572. The highest BCUT2D eigenvalue weighted by atomic mass is 32.1. The summed E-state index contributed by atoms with van der Waals surface area (Å²) in [6, 6.07) is 0. The molecule has 0 amide bonds. The van der Waals surface area contributed by atoms with Gasteiger partial charge in [-0.05, 0) is 11.5 Å². The Balaban J connectivity index is 2.41. The number of nitrogens with zero attached hydrogens (tertiary/aromatic N) is 2. The van der Waals surface area contributed by atoms with E-state index < -0.39 is 0 Å². The van der Waals surface area contributed by atoms with Crippen LogP contribution in [0.2, 0.25) is 0 Å². The summed E-state index contributed by atoms with van der Waals surface area (Å²) in [7, 11) is 0. The average molecular weight is 138 g/mol. The molecule has 9 heavy (non-hydrogen) atoms. The van der Waals surface area contributed by atoms with Gasteiger partial charge in [-0.1, -0.05) is 4.49 Å². The summed E-state index contributed by atoms with van der Waals surface area (Å²) in [6.45, 7) is 0. The molecule has 0 N–H and O–H groups in total. The summed E-state index contributed by atoms with van der Waals surface area (Å²) in [5.41, 5.74) is 0.998. The topological polar surface area (TPSA) is 25.8 Å². The second-order valence-corrected chi connectivity index (χ2v) is 2.21. The molecule has 3 heteroatoms. The predicted octanol–water partition coefficient (Wildman–Crippen LogP) is 1.10. The number of hydrogen-bond acceptors (Lipinski definition) is 3. The van der Waals surface area contributed by atoms with Gasteiger partial charge >= 0.3 is 0 Å². The van der Waals surface area contributed by atoms with Gasteiger partial charge in [0.2, 0.25) is 0 Å². The molecular weight excluding hydrogens is 132 g/mol. The van der Waals surface area contributed by atoms with Gasteiger partial charge in [-0.2, -0.15) is 0 Å². The Morgan fingerprint density at radius 1 is 1.78 bits per heavy atom. The van der Waals surface area contributed by atoms with E-state index in [1.807, 2.05) is 5.38 Å². The molecule has 1 aromatic rings. The third-order valence-electron chi connectivity index (χ3n) is 0.931. The van der Waals surface area contributed by atoms with Gasteiger partial charge in [0.25, 0.3) is 0 Å². The highest BCUT2D eigenvalue weighted by Crippen LogP contribution is 1.99. The Bertz CT molecular complexity index is 197. The van der Waals surface area contributed by atoms with Gasteiger partial charge in [-0.3, -0.25) is 0 Å². The minimum Gasteiger partial charge on any atom is -0.143 e. The number of rotatable bonds is 2. The molecule has 0 unspecified atom stereocenters. The minimum atomic E-state index is 0.755. The predicted molar refractivity (Wildman–Crippen MR) is 37.1 cm³/mol. The van der Waals surface area contributed by atoms with Crippen LogP contribution in [-0.4, -0.2) is 9.59 Å². The van der Waals surface area contributed by atoms with E-state index in [0.717, 1.165) is 18.5 Å². The number of aryl methyl sites for hydroxylation is 1. The fourth-order valence-electron chi connectivity index (χ4n) is 0.493. The summed E-state index contributed by atoms with van der Waals surface area (Å²) in [5, 5.41) is 5.74. The van der Waals surface area contributed by atoms with Crippen molar-refractivity contribution in [3.05, 3.63) is 11.1 Å². The molecule has 1 heterocycles. The van der Waals surface area contributed by atoms with Crippen LogP contribution in [0, 0.1) is 12.3 Å². The Labute approximate surface area is 58.1 Å². The van der Waals surface area contributed by atoms with Crippen LogP contribution in [-0.2, 0) is 6.42 Å². The zero-order valence-corrected chi connectivity index (χ0v) is 5.69. The molecule has 0 spiro atoms. The van der Waals surface area contributed by atoms with Crippen LogP contribution < -0.4 is 0 Å². The highest BCUT2D eigenvalue weighted by molar-refractivity contribution is 7.03. The third-order valence-corrected chi connectivity index (χ3v) is 1.48. The molecule has 2 nitrogen and oxygen atoms in total. The van der Waals surface area contributed by atoms with Crippen molar-refractivity contribution < 1.29 is 0 Å². The van der Waals surface area contributed by atoms with Crippen LogP contribution >= 0.6 is 11.5 Å². The average Bonchev–Trinajstić information content (AvgIpc) is 2.34. The summed E-state index contributed by atoms with van der Waals surface area (Å²) in [5.74, 6) is 2.54. The third kappa shape index (κ3) is 1.82. The van der Waals surface area contributed by atoms with E-state index in [1.165, 1.54) is 11.5 Å². The fraction of sp³-hybridized carbons (Fsp3) is 0.333. The first-order valence-electron chi connectivity index (χ1n) is 2.63. The Hall–Kier alpha value is -0.880. The maximum atomic E-state index is 5.05. The molecule has 0 bridgehead atoms. The van der Waals surface area contributed by atoms with E-state index in [2.05, 4.69) is 15.5 Å². The van der Waals surface area contributed by atoms with E-state index >= 15 is 0 Å². The highest BCUT2D eigenvalue weighted by Gasteiger charge is 1.91. The molecule has 0 fully saturated rings. The maximum absolute atomic E-state index is 5.05. The van der Waals surface area contributed by atoms with Gasteiger partial charge < -0.3 is 0 Å². The van der Waals surface area contributed by atoms with Crippen molar-refractivity contribution in [2.75, 3.05) is 0 Å².